The molecule has 9 heteroatoms. The second-order valence-corrected chi connectivity index (χ2v) is 7.58. The Hall–Kier alpha value is -2.35. The minimum absolute atomic E-state index is 0. The van der Waals surface area contributed by atoms with Gasteiger partial charge in [-0.2, -0.15) is 0 Å². The summed E-state index contributed by atoms with van der Waals surface area (Å²) >= 11 is 0. The van der Waals surface area contributed by atoms with Crippen LogP contribution in [0.3, 0.4) is 0 Å². The summed E-state index contributed by atoms with van der Waals surface area (Å²) in [7, 11) is 0. The van der Waals surface area contributed by atoms with Crippen LogP contribution < -0.4 is 25.8 Å². The molecule has 3 amide bonds. The highest BCUT2D eigenvalue weighted by molar-refractivity contribution is 5.94. The van der Waals surface area contributed by atoms with Crippen molar-refractivity contribution in [3.05, 3.63) is 12.1 Å². The first-order valence-electron chi connectivity index (χ1n) is 9.44. The Morgan fingerprint density at radius 2 is 2.00 bits per heavy atom. The largest absolute Gasteiger partial charge is 0.454 e. The summed E-state index contributed by atoms with van der Waals surface area (Å²) in [5.41, 5.74) is 6.94. The van der Waals surface area contributed by atoms with E-state index in [0.29, 0.717) is 48.3 Å². The normalized spacial score (nSPS) is 17.8. The predicted octanol–water partition coefficient (Wildman–Crippen LogP) is 2.83. The van der Waals surface area contributed by atoms with E-state index in [1.165, 1.54) is 0 Å². The number of nitrogens with zero attached hydrogens (tertiary/aromatic N) is 1. The van der Waals surface area contributed by atoms with Crippen molar-refractivity contribution in [1.29, 1.82) is 0 Å². The maximum Gasteiger partial charge on any atom is 0.317 e. The SMILES string of the molecule is CC(C)CNC(=O)N1CCCC(CC(=O)Nc2cc3c(cc2N)OCO3)C1.Cl. The number of carbonyl (C=O) groups is 2. The van der Waals surface area contributed by atoms with E-state index in [1.807, 2.05) is 0 Å². The van der Waals surface area contributed by atoms with Crippen molar-refractivity contribution in [2.75, 3.05) is 37.5 Å². The van der Waals surface area contributed by atoms with E-state index in [-0.39, 0.29) is 37.1 Å². The number of urea groups is 1. The van der Waals surface area contributed by atoms with E-state index in [2.05, 4.69) is 24.5 Å². The van der Waals surface area contributed by atoms with Crippen LogP contribution in [0.25, 0.3) is 0 Å². The number of hydrogen-bond acceptors (Lipinski definition) is 5. The summed E-state index contributed by atoms with van der Waals surface area (Å²) in [6.07, 6.45) is 2.18. The highest BCUT2D eigenvalue weighted by Crippen LogP contribution is 2.38. The maximum absolute atomic E-state index is 12.5. The molecular weight excluding hydrogens is 384 g/mol. The van der Waals surface area contributed by atoms with Crippen molar-refractivity contribution in [3.63, 3.8) is 0 Å². The molecule has 0 radical (unpaired) electrons. The topological polar surface area (TPSA) is 106 Å². The standard InChI is InChI=1S/C19H28N4O4.ClH/c1-12(2)9-21-19(25)23-5-3-4-13(10-23)6-18(24)22-15-8-17-16(7-14(15)20)26-11-27-17;/h7-8,12-13H,3-6,9-11,20H2,1-2H3,(H,21,25)(H,22,24);1H. The molecule has 1 aromatic carbocycles. The van der Waals surface area contributed by atoms with Crippen LogP contribution in [0, 0.1) is 11.8 Å². The van der Waals surface area contributed by atoms with Crippen LogP contribution in [0.15, 0.2) is 12.1 Å². The number of carbonyl (C=O) groups excluding carboxylic acids is 2. The lowest BCUT2D eigenvalue weighted by molar-refractivity contribution is -0.117. The average molecular weight is 413 g/mol. The number of nitrogen functional groups attached to an aromatic ring is 1. The molecule has 2 aliphatic rings. The van der Waals surface area contributed by atoms with E-state index < -0.39 is 0 Å². The third kappa shape index (κ3) is 5.58. The number of nitrogens with one attached hydrogen (secondary N) is 2. The molecule has 2 heterocycles. The molecule has 0 bridgehead atoms. The lowest BCUT2D eigenvalue weighted by atomic mass is 9.94. The van der Waals surface area contributed by atoms with E-state index >= 15 is 0 Å². The number of likely N-dealkylation sites (tertiary alicyclic amines) is 1. The number of anilines is 2. The molecule has 8 nitrogen and oxygen atoms in total. The minimum Gasteiger partial charge on any atom is -0.454 e. The molecule has 1 unspecified atom stereocenters. The first-order chi connectivity index (χ1) is 12.9. The predicted molar refractivity (Wildman–Crippen MR) is 110 cm³/mol. The fourth-order valence-electron chi connectivity index (χ4n) is 3.35. The third-order valence-corrected chi connectivity index (χ3v) is 4.76. The first-order valence-corrected chi connectivity index (χ1v) is 9.44. The van der Waals surface area contributed by atoms with Crippen molar-refractivity contribution in [3.8, 4) is 11.5 Å². The summed E-state index contributed by atoms with van der Waals surface area (Å²) < 4.78 is 10.6. The Labute approximate surface area is 171 Å². The zero-order valence-corrected chi connectivity index (χ0v) is 17.1. The van der Waals surface area contributed by atoms with Gasteiger partial charge in [0.25, 0.3) is 0 Å². The summed E-state index contributed by atoms with van der Waals surface area (Å²) in [5, 5.41) is 5.79. The number of benzene rings is 1. The van der Waals surface area contributed by atoms with Crippen LogP contribution in [0.2, 0.25) is 0 Å². The van der Waals surface area contributed by atoms with Crippen LogP contribution in [0.1, 0.15) is 33.1 Å². The van der Waals surface area contributed by atoms with Gasteiger partial charge in [-0.25, -0.2) is 4.79 Å². The first kappa shape index (κ1) is 21.9. The quantitative estimate of drug-likeness (QED) is 0.645. The minimum atomic E-state index is -0.116. The zero-order valence-electron chi connectivity index (χ0n) is 16.3. The van der Waals surface area contributed by atoms with Crippen molar-refractivity contribution in [2.24, 2.45) is 11.8 Å². The lowest BCUT2D eigenvalue weighted by Crippen LogP contribution is -2.46. The number of nitrogens with two attached hydrogens (primary N) is 1. The van der Waals surface area contributed by atoms with E-state index in [1.54, 1.807) is 17.0 Å². The Morgan fingerprint density at radius 3 is 2.71 bits per heavy atom. The summed E-state index contributed by atoms with van der Waals surface area (Å²) in [6, 6.07) is 3.29. The summed E-state index contributed by atoms with van der Waals surface area (Å²) in [6.45, 7) is 6.26. The van der Waals surface area contributed by atoms with Crippen LogP contribution in [-0.2, 0) is 4.79 Å². The van der Waals surface area contributed by atoms with Crippen LogP contribution in [-0.4, -0.2) is 43.3 Å². The monoisotopic (exact) mass is 412 g/mol. The number of piperidine rings is 1. The Kier molecular flexibility index (Phi) is 7.62. The van der Waals surface area contributed by atoms with Gasteiger partial charge >= 0.3 is 6.03 Å². The lowest BCUT2D eigenvalue weighted by Gasteiger charge is -2.32. The number of halogens is 1. The molecule has 4 N–H and O–H groups in total. The van der Waals surface area contributed by atoms with E-state index in [0.717, 1.165) is 19.4 Å². The Balaban J connectivity index is 0.00000280. The van der Waals surface area contributed by atoms with Crippen LogP contribution >= 0.6 is 12.4 Å². The molecule has 156 valence electrons. The smallest absolute Gasteiger partial charge is 0.317 e. The number of fused-ring (bicyclic) bond motifs is 1. The van der Waals surface area contributed by atoms with Gasteiger partial charge in [0.05, 0.1) is 11.4 Å². The maximum atomic E-state index is 12.5. The van der Waals surface area contributed by atoms with E-state index in [9.17, 15) is 9.59 Å². The molecule has 0 aromatic heterocycles. The Bertz CT molecular complexity index is 713. The second kappa shape index (κ2) is 9.73. The van der Waals surface area contributed by atoms with Gasteiger partial charge in [-0.15, -0.1) is 12.4 Å². The third-order valence-electron chi connectivity index (χ3n) is 4.76. The number of amides is 3. The fourth-order valence-corrected chi connectivity index (χ4v) is 3.35. The van der Waals surface area contributed by atoms with Gasteiger partial charge in [0.15, 0.2) is 11.5 Å². The molecule has 3 rings (SSSR count). The number of ether oxygens (including phenoxy) is 2. The second-order valence-electron chi connectivity index (χ2n) is 7.58. The Morgan fingerprint density at radius 1 is 1.29 bits per heavy atom. The van der Waals surface area contributed by atoms with Gasteiger partial charge in [-0.05, 0) is 24.7 Å². The van der Waals surface area contributed by atoms with Crippen molar-refractivity contribution in [1.82, 2.24) is 10.2 Å². The molecule has 1 saturated heterocycles. The molecule has 0 spiro atoms. The molecule has 28 heavy (non-hydrogen) atoms. The highest BCUT2D eigenvalue weighted by atomic mass is 35.5. The van der Waals surface area contributed by atoms with E-state index in [4.69, 9.17) is 15.2 Å². The highest BCUT2D eigenvalue weighted by Gasteiger charge is 2.26. The molecule has 1 atom stereocenters. The van der Waals surface area contributed by atoms with Crippen molar-refractivity contribution in [2.45, 2.75) is 33.1 Å². The summed E-state index contributed by atoms with van der Waals surface area (Å²) in [4.78, 5) is 26.5. The average Bonchev–Trinajstić information content (AvgIpc) is 3.07. The summed E-state index contributed by atoms with van der Waals surface area (Å²) in [5.74, 6) is 1.59. The molecule has 0 saturated carbocycles. The molecule has 2 aliphatic heterocycles. The number of hydrogen-bond donors (Lipinski definition) is 3. The van der Waals surface area contributed by atoms with Gasteiger partial charge in [0.1, 0.15) is 0 Å². The van der Waals surface area contributed by atoms with Crippen molar-refractivity contribution < 1.29 is 19.1 Å². The fraction of sp³-hybridized carbons (Fsp3) is 0.579. The van der Waals surface area contributed by atoms with Crippen LogP contribution in [0.5, 0.6) is 11.5 Å². The molecule has 1 fully saturated rings. The van der Waals surface area contributed by atoms with Crippen molar-refractivity contribution >= 4 is 35.7 Å². The molecule has 1 aromatic rings. The van der Waals surface area contributed by atoms with Gasteiger partial charge in [0.2, 0.25) is 12.7 Å². The van der Waals surface area contributed by atoms with Gasteiger partial charge in [0, 0.05) is 38.2 Å². The van der Waals surface area contributed by atoms with Gasteiger partial charge in [-0.1, -0.05) is 13.8 Å². The van der Waals surface area contributed by atoms with Crippen LogP contribution in [0.4, 0.5) is 16.2 Å². The number of rotatable bonds is 5. The molecule has 0 aliphatic carbocycles. The molecular formula is C19H29ClN4O4. The van der Waals surface area contributed by atoms with Gasteiger partial charge in [-0.3, -0.25) is 4.79 Å². The zero-order chi connectivity index (χ0) is 19.4. The van der Waals surface area contributed by atoms with Gasteiger partial charge < -0.3 is 30.7 Å².